The highest BCUT2D eigenvalue weighted by Gasteiger charge is 2.33. The van der Waals surface area contributed by atoms with Crippen LogP contribution >= 0.6 is 0 Å². The van der Waals surface area contributed by atoms with E-state index in [1.54, 1.807) is 56.7 Å². The Labute approximate surface area is 193 Å². The highest BCUT2D eigenvalue weighted by atomic mass is 32.2. The van der Waals surface area contributed by atoms with Crippen molar-refractivity contribution >= 4 is 21.8 Å². The topological polar surface area (TPSA) is 97.7 Å². The number of sulfonamides is 1. The van der Waals surface area contributed by atoms with Gasteiger partial charge in [0.1, 0.15) is 16.7 Å². The van der Waals surface area contributed by atoms with Crippen molar-refractivity contribution in [3.63, 3.8) is 0 Å². The van der Waals surface area contributed by atoms with E-state index >= 15 is 0 Å². The van der Waals surface area contributed by atoms with Crippen molar-refractivity contribution in [3.05, 3.63) is 59.7 Å². The zero-order valence-electron chi connectivity index (χ0n) is 18.6. The number of esters is 1. The molecule has 2 aliphatic heterocycles. The Balaban J connectivity index is 1.35. The molecule has 0 radical (unpaired) electrons. The molecule has 0 aliphatic carbocycles. The van der Waals surface area contributed by atoms with Gasteiger partial charge in [-0.3, -0.25) is 4.90 Å². The predicted octanol–water partition coefficient (Wildman–Crippen LogP) is 1.63. The lowest BCUT2D eigenvalue weighted by Crippen LogP contribution is -2.51. The SMILES string of the molecule is COC[C@H](CN1CCN(C2=NS(=O)(=O)c3ccccc32)CC1)OC(=O)c1ccc(OC)cc1. The molecule has 1 saturated heterocycles. The van der Waals surface area contributed by atoms with Crippen LogP contribution in [0.15, 0.2) is 57.8 Å². The Bertz CT molecular complexity index is 1130. The zero-order valence-corrected chi connectivity index (χ0v) is 19.5. The van der Waals surface area contributed by atoms with Gasteiger partial charge < -0.3 is 19.1 Å². The number of nitrogens with zero attached hydrogens (tertiary/aromatic N) is 3. The van der Waals surface area contributed by atoms with Crippen LogP contribution < -0.4 is 4.74 Å². The molecule has 1 atom stereocenters. The first-order chi connectivity index (χ1) is 15.9. The van der Waals surface area contributed by atoms with Crippen molar-refractivity contribution in [2.75, 3.05) is 53.6 Å². The van der Waals surface area contributed by atoms with Gasteiger partial charge in [-0.1, -0.05) is 12.1 Å². The number of rotatable bonds is 7. The van der Waals surface area contributed by atoms with Gasteiger partial charge in [0.15, 0.2) is 5.84 Å². The second-order valence-electron chi connectivity index (χ2n) is 7.88. The van der Waals surface area contributed by atoms with Gasteiger partial charge in [-0.15, -0.1) is 4.40 Å². The van der Waals surface area contributed by atoms with Gasteiger partial charge in [0, 0.05) is 45.4 Å². The Kier molecular flexibility index (Phi) is 6.96. The lowest BCUT2D eigenvalue weighted by atomic mass is 10.1. The number of hydrogen-bond donors (Lipinski definition) is 0. The maximum Gasteiger partial charge on any atom is 0.338 e. The average Bonchev–Trinajstić information content (AvgIpc) is 3.11. The normalized spacial score (nSPS) is 18.4. The molecule has 0 bridgehead atoms. The molecule has 2 aromatic carbocycles. The number of ether oxygens (including phenoxy) is 3. The van der Waals surface area contributed by atoms with Crippen molar-refractivity contribution in [1.82, 2.24) is 9.80 Å². The third-order valence-corrected chi connectivity index (χ3v) is 7.02. The molecule has 4 rings (SSSR count). The first-order valence-corrected chi connectivity index (χ1v) is 12.1. The standard InChI is InChI=1S/C23H27N3O6S/c1-30-16-19(32-23(27)17-7-9-18(31-2)10-8-17)15-25-11-13-26(14-12-25)22-20-5-3-4-6-21(20)33(28,29)24-22/h3-10,19H,11-16H2,1-2H3/t19-/m0/s1. The molecule has 176 valence electrons. The summed E-state index contributed by atoms with van der Waals surface area (Å²) in [6, 6.07) is 13.7. The number of amidine groups is 1. The molecule has 0 N–H and O–H groups in total. The summed E-state index contributed by atoms with van der Waals surface area (Å²) in [7, 11) is -0.498. The summed E-state index contributed by atoms with van der Waals surface area (Å²) in [4.78, 5) is 17.0. The van der Waals surface area contributed by atoms with Crippen LogP contribution in [0.5, 0.6) is 5.75 Å². The molecule has 1 fully saturated rings. The molecule has 9 nitrogen and oxygen atoms in total. The number of methoxy groups -OCH3 is 2. The Hall–Kier alpha value is -2.95. The van der Waals surface area contributed by atoms with Crippen molar-refractivity contribution in [1.29, 1.82) is 0 Å². The van der Waals surface area contributed by atoms with Crippen LogP contribution in [-0.4, -0.2) is 89.7 Å². The third-order valence-electron chi connectivity index (χ3n) is 5.70. The quantitative estimate of drug-likeness (QED) is 0.560. The summed E-state index contributed by atoms with van der Waals surface area (Å²) in [5.74, 6) is 0.755. The summed E-state index contributed by atoms with van der Waals surface area (Å²) in [5, 5.41) is 0. The van der Waals surface area contributed by atoms with E-state index in [0.29, 0.717) is 55.4 Å². The first kappa shape index (κ1) is 23.2. The number of fused-ring (bicyclic) bond motifs is 1. The van der Waals surface area contributed by atoms with Crippen LogP contribution in [0.25, 0.3) is 0 Å². The summed E-state index contributed by atoms with van der Waals surface area (Å²) in [6.45, 7) is 3.40. The third kappa shape index (κ3) is 5.18. The molecule has 2 aromatic rings. The molecular weight excluding hydrogens is 446 g/mol. The van der Waals surface area contributed by atoms with Crippen molar-refractivity contribution in [3.8, 4) is 5.75 Å². The monoisotopic (exact) mass is 473 g/mol. The number of benzene rings is 2. The number of hydrogen-bond acceptors (Lipinski definition) is 8. The second kappa shape index (κ2) is 9.90. The number of piperazine rings is 1. The molecule has 0 saturated carbocycles. The van der Waals surface area contributed by atoms with E-state index in [2.05, 4.69) is 9.30 Å². The molecule has 10 heteroatoms. The second-order valence-corrected chi connectivity index (χ2v) is 9.46. The van der Waals surface area contributed by atoms with E-state index in [1.165, 1.54) is 0 Å². The lowest BCUT2D eigenvalue weighted by molar-refractivity contribution is -0.00972. The van der Waals surface area contributed by atoms with E-state index < -0.39 is 22.1 Å². The van der Waals surface area contributed by atoms with Crippen molar-refractivity contribution < 1.29 is 27.4 Å². The van der Waals surface area contributed by atoms with Crippen molar-refractivity contribution in [2.24, 2.45) is 4.40 Å². The van der Waals surface area contributed by atoms with Gasteiger partial charge >= 0.3 is 5.97 Å². The van der Waals surface area contributed by atoms with Crippen LogP contribution in [0.4, 0.5) is 0 Å². The van der Waals surface area contributed by atoms with Gasteiger partial charge in [-0.05, 0) is 36.4 Å². The van der Waals surface area contributed by atoms with Crippen LogP contribution in [0.2, 0.25) is 0 Å². The molecule has 0 amide bonds. The average molecular weight is 474 g/mol. The fourth-order valence-electron chi connectivity index (χ4n) is 4.00. The summed E-state index contributed by atoms with van der Waals surface area (Å²) in [6.07, 6.45) is -0.430. The van der Waals surface area contributed by atoms with Crippen LogP contribution in [0.3, 0.4) is 0 Å². The molecule has 0 unspecified atom stereocenters. The molecule has 2 heterocycles. The van der Waals surface area contributed by atoms with Crippen molar-refractivity contribution in [2.45, 2.75) is 11.0 Å². The smallest absolute Gasteiger partial charge is 0.338 e. The Morgan fingerprint density at radius 3 is 2.39 bits per heavy atom. The van der Waals surface area contributed by atoms with Gasteiger partial charge in [0.05, 0.1) is 19.3 Å². The molecule has 33 heavy (non-hydrogen) atoms. The maximum absolute atomic E-state index is 12.6. The van der Waals surface area contributed by atoms with Gasteiger partial charge in [0.25, 0.3) is 10.0 Å². The van der Waals surface area contributed by atoms with Gasteiger partial charge in [0.2, 0.25) is 0 Å². The summed E-state index contributed by atoms with van der Waals surface area (Å²) >= 11 is 0. The highest BCUT2D eigenvalue weighted by Crippen LogP contribution is 2.28. The van der Waals surface area contributed by atoms with Crippen LogP contribution in [-0.2, 0) is 19.5 Å². The van der Waals surface area contributed by atoms with Gasteiger partial charge in [-0.2, -0.15) is 8.42 Å². The van der Waals surface area contributed by atoms with Crippen LogP contribution in [0.1, 0.15) is 15.9 Å². The fraction of sp³-hybridized carbons (Fsp3) is 0.391. The molecule has 0 spiro atoms. The Morgan fingerprint density at radius 2 is 1.73 bits per heavy atom. The lowest BCUT2D eigenvalue weighted by Gasteiger charge is -2.37. The van der Waals surface area contributed by atoms with Crippen LogP contribution in [0, 0.1) is 0 Å². The maximum atomic E-state index is 12.6. The summed E-state index contributed by atoms with van der Waals surface area (Å²) in [5.41, 5.74) is 1.09. The van der Waals surface area contributed by atoms with E-state index in [-0.39, 0.29) is 11.5 Å². The molecule has 0 aromatic heterocycles. The zero-order chi connectivity index (χ0) is 23.4. The fourth-order valence-corrected chi connectivity index (χ4v) is 5.23. The minimum atomic E-state index is -3.64. The largest absolute Gasteiger partial charge is 0.497 e. The molecular formula is C23H27N3O6S. The number of carbonyl (C=O) groups is 1. The minimum Gasteiger partial charge on any atom is -0.497 e. The van der Waals surface area contributed by atoms with E-state index in [4.69, 9.17) is 14.2 Å². The molecule has 2 aliphatic rings. The summed E-state index contributed by atoms with van der Waals surface area (Å²) < 4.78 is 44.8. The Morgan fingerprint density at radius 1 is 1.03 bits per heavy atom. The van der Waals surface area contributed by atoms with E-state index in [9.17, 15) is 13.2 Å². The minimum absolute atomic E-state index is 0.257. The highest BCUT2D eigenvalue weighted by molar-refractivity contribution is 7.90. The number of carbonyl (C=O) groups excluding carboxylic acids is 1. The first-order valence-electron chi connectivity index (χ1n) is 10.7. The van der Waals surface area contributed by atoms with Gasteiger partial charge in [-0.25, -0.2) is 4.79 Å². The van der Waals surface area contributed by atoms with E-state index in [1.807, 2.05) is 11.0 Å². The van der Waals surface area contributed by atoms with E-state index in [0.717, 1.165) is 0 Å². The predicted molar refractivity (Wildman–Crippen MR) is 122 cm³/mol.